The molecule has 5 heteroatoms. The molecule has 0 aliphatic carbocycles. The summed E-state index contributed by atoms with van der Waals surface area (Å²) in [5.74, 6) is 0. The van der Waals surface area contributed by atoms with Crippen molar-refractivity contribution in [1.82, 2.24) is 4.98 Å². The van der Waals surface area contributed by atoms with E-state index in [4.69, 9.17) is 34.7 Å². The van der Waals surface area contributed by atoms with Crippen LogP contribution in [-0.4, -0.2) is 11.5 Å². The van der Waals surface area contributed by atoms with Crippen molar-refractivity contribution in [3.63, 3.8) is 0 Å². The largest absolute Gasteiger partial charge is 0.329 e. The van der Waals surface area contributed by atoms with Crippen molar-refractivity contribution in [2.24, 2.45) is 11.5 Å². The van der Waals surface area contributed by atoms with Gasteiger partial charge in [0.05, 0.1) is 10.0 Å². The van der Waals surface area contributed by atoms with Crippen LogP contribution >= 0.6 is 23.2 Å². The molecule has 0 saturated carbocycles. The molecule has 3 nitrogen and oxygen atoms in total. The zero-order chi connectivity index (χ0) is 9.14. The van der Waals surface area contributed by atoms with Crippen LogP contribution in [-0.2, 0) is 0 Å². The van der Waals surface area contributed by atoms with Gasteiger partial charge in [-0.05, 0) is 0 Å². The number of pyridine rings is 1. The summed E-state index contributed by atoms with van der Waals surface area (Å²) in [6, 6.07) is -0.326. The molecular weight excluding hydrogens is 197 g/mol. The van der Waals surface area contributed by atoms with Gasteiger partial charge in [-0.25, -0.2) is 0 Å². The summed E-state index contributed by atoms with van der Waals surface area (Å²) >= 11 is 11.6. The monoisotopic (exact) mass is 205 g/mol. The molecule has 0 aliphatic heterocycles. The summed E-state index contributed by atoms with van der Waals surface area (Å²) in [4.78, 5) is 3.80. The topological polar surface area (TPSA) is 64.9 Å². The molecule has 66 valence electrons. The zero-order valence-electron chi connectivity index (χ0n) is 6.30. The highest BCUT2D eigenvalue weighted by molar-refractivity contribution is 6.35. The number of nitrogens with zero attached hydrogens (tertiary/aromatic N) is 1. The van der Waals surface area contributed by atoms with Crippen LogP contribution in [0.5, 0.6) is 0 Å². The van der Waals surface area contributed by atoms with E-state index in [1.165, 1.54) is 12.4 Å². The van der Waals surface area contributed by atoms with Gasteiger partial charge < -0.3 is 11.5 Å². The molecule has 0 bridgehead atoms. The van der Waals surface area contributed by atoms with Crippen molar-refractivity contribution < 1.29 is 0 Å². The minimum absolute atomic E-state index is 0.309. The van der Waals surface area contributed by atoms with Gasteiger partial charge in [-0.3, -0.25) is 4.98 Å². The van der Waals surface area contributed by atoms with Crippen molar-refractivity contribution in [2.75, 3.05) is 6.54 Å². The standard InChI is InChI=1S/C7H9Cl2N3/c8-4-2-12-3-5(9)7(4)6(11)1-10/h2-3,6H,1,10-11H2/t6-/m0/s1. The van der Waals surface area contributed by atoms with Gasteiger partial charge in [-0.1, -0.05) is 23.2 Å². The highest BCUT2D eigenvalue weighted by Gasteiger charge is 2.12. The lowest BCUT2D eigenvalue weighted by atomic mass is 10.1. The van der Waals surface area contributed by atoms with Gasteiger partial charge in [-0.15, -0.1) is 0 Å². The van der Waals surface area contributed by atoms with E-state index in [2.05, 4.69) is 4.98 Å². The molecule has 0 fully saturated rings. The molecule has 0 saturated heterocycles. The molecule has 0 radical (unpaired) electrons. The quantitative estimate of drug-likeness (QED) is 0.767. The van der Waals surface area contributed by atoms with Gasteiger partial charge in [0.2, 0.25) is 0 Å². The fourth-order valence-corrected chi connectivity index (χ4v) is 1.54. The Labute approximate surface area is 80.7 Å². The first kappa shape index (κ1) is 9.74. The number of hydrogen-bond donors (Lipinski definition) is 2. The van der Waals surface area contributed by atoms with Crippen molar-refractivity contribution in [3.05, 3.63) is 28.0 Å². The van der Waals surface area contributed by atoms with Gasteiger partial charge in [0.1, 0.15) is 0 Å². The summed E-state index contributed by atoms with van der Waals surface area (Å²) in [5, 5.41) is 0.918. The van der Waals surface area contributed by atoms with E-state index < -0.39 is 0 Å². The van der Waals surface area contributed by atoms with Crippen LogP contribution in [0, 0.1) is 0 Å². The third-order valence-electron chi connectivity index (χ3n) is 1.52. The molecule has 0 aromatic carbocycles. The molecule has 0 spiro atoms. The molecule has 1 aromatic heterocycles. The molecule has 1 atom stereocenters. The Kier molecular flexibility index (Phi) is 3.29. The van der Waals surface area contributed by atoms with E-state index in [0.717, 1.165) is 0 Å². The van der Waals surface area contributed by atoms with Crippen LogP contribution in [0.4, 0.5) is 0 Å². The second-order valence-corrected chi connectivity index (χ2v) is 3.17. The lowest BCUT2D eigenvalue weighted by molar-refractivity contribution is 0.736. The van der Waals surface area contributed by atoms with Crippen LogP contribution in [0.1, 0.15) is 11.6 Å². The second-order valence-electron chi connectivity index (χ2n) is 2.36. The Morgan fingerprint density at radius 2 is 1.83 bits per heavy atom. The Morgan fingerprint density at radius 1 is 1.33 bits per heavy atom. The normalized spacial score (nSPS) is 13.0. The maximum absolute atomic E-state index is 5.82. The smallest absolute Gasteiger partial charge is 0.0652 e. The van der Waals surface area contributed by atoms with Gasteiger partial charge in [0, 0.05) is 30.5 Å². The average Bonchev–Trinajstić information content (AvgIpc) is 2.03. The van der Waals surface area contributed by atoms with E-state index in [0.29, 0.717) is 22.2 Å². The van der Waals surface area contributed by atoms with Crippen LogP contribution in [0.3, 0.4) is 0 Å². The lowest BCUT2D eigenvalue weighted by Gasteiger charge is -2.11. The number of nitrogens with two attached hydrogens (primary N) is 2. The highest BCUT2D eigenvalue weighted by atomic mass is 35.5. The van der Waals surface area contributed by atoms with Crippen molar-refractivity contribution in [3.8, 4) is 0 Å². The molecular formula is C7H9Cl2N3. The summed E-state index contributed by atoms with van der Waals surface area (Å²) < 4.78 is 0. The Morgan fingerprint density at radius 3 is 2.25 bits per heavy atom. The number of hydrogen-bond acceptors (Lipinski definition) is 3. The average molecular weight is 206 g/mol. The first-order valence-electron chi connectivity index (χ1n) is 3.41. The predicted molar refractivity (Wildman–Crippen MR) is 50.2 cm³/mol. The third kappa shape index (κ3) is 1.87. The van der Waals surface area contributed by atoms with Crippen molar-refractivity contribution in [2.45, 2.75) is 6.04 Å². The predicted octanol–water partition coefficient (Wildman–Crippen LogP) is 1.35. The first-order chi connectivity index (χ1) is 5.66. The molecule has 1 heterocycles. The molecule has 1 rings (SSSR count). The Bertz CT molecular complexity index is 257. The first-order valence-corrected chi connectivity index (χ1v) is 4.17. The molecule has 12 heavy (non-hydrogen) atoms. The van der Waals surface area contributed by atoms with Crippen LogP contribution in [0.25, 0.3) is 0 Å². The number of halogens is 2. The Hall–Kier alpha value is -0.350. The molecule has 0 unspecified atom stereocenters. The fourth-order valence-electron chi connectivity index (χ4n) is 0.893. The van der Waals surface area contributed by atoms with Gasteiger partial charge in [-0.2, -0.15) is 0 Å². The van der Waals surface area contributed by atoms with Crippen LogP contribution in [0.15, 0.2) is 12.4 Å². The van der Waals surface area contributed by atoms with Gasteiger partial charge >= 0.3 is 0 Å². The number of aromatic nitrogens is 1. The van der Waals surface area contributed by atoms with E-state index in [-0.39, 0.29) is 6.04 Å². The van der Waals surface area contributed by atoms with E-state index in [1.807, 2.05) is 0 Å². The molecule has 0 amide bonds. The van der Waals surface area contributed by atoms with Crippen molar-refractivity contribution >= 4 is 23.2 Å². The molecule has 1 aromatic rings. The molecule has 0 aliphatic rings. The maximum Gasteiger partial charge on any atom is 0.0652 e. The summed E-state index contributed by atoms with van der Waals surface area (Å²) in [7, 11) is 0. The second kappa shape index (κ2) is 4.05. The van der Waals surface area contributed by atoms with Crippen molar-refractivity contribution in [1.29, 1.82) is 0 Å². The SMILES string of the molecule is NC[C@H](N)c1c(Cl)cncc1Cl. The van der Waals surface area contributed by atoms with Gasteiger partial charge in [0.25, 0.3) is 0 Å². The zero-order valence-corrected chi connectivity index (χ0v) is 7.81. The molecule has 4 N–H and O–H groups in total. The summed E-state index contributed by atoms with van der Waals surface area (Å²) in [6.45, 7) is 0.309. The summed E-state index contributed by atoms with van der Waals surface area (Å²) in [5.41, 5.74) is 11.7. The minimum Gasteiger partial charge on any atom is -0.329 e. The minimum atomic E-state index is -0.326. The maximum atomic E-state index is 5.82. The third-order valence-corrected chi connectivity index (χ3v) is 2.12. The van der Waals surface area contributed by atoms with E-state index in [9.17, 15) is 0 Å². The van der Waals surface area contributed by atoms with E-state index in [1.54, 1.807) is 0 Å². The Balaban J connectivity index is 3.12. The fraction of sp³-hybridized carbons (Fsp3) is 0.286. The van der Waals surface area contributed by atoms with Crippen LogP contribution in [0.2, 0.25) is 10.0 Å². The van der Waals surface area contributed by atoms with Gasteiger partial charge in [0.15, 0.2) is 0 Å². The highest BCUT2D eigenvalue weighted by Crippen LogP contribution is 2.27. The number of rotatable bonds is 2. The van der Waals surface area contributed by atoms with E-state index >= 15 is 0 Å². The van der Waals surface area contributed by atoms with Crippen LogP contribution < -0.4 is 11.5 Å². The summed E-state index contributed by atoms with van der Waals surface area (Å²) in [6.07, 6.45) is 3.00. The lowest BCUT2D eigenvalue weighted by Crippen LogP contribution is -2.21.